The van der Waals surface area contributed by atoms with Crippen molar-refractivity contribution in [3.63, 3.8) is 0 Å². The molecule has 0 aliphatic rings. The number of amidine groups is 1. The molecule has 0 heterocycles. The Hall–Kier alpha value is -1.51. The van der Waals surface area contributed by atoms with E-state index in [4.69, 9.17) is 10.5 Å². The molecule has 0 atom stereocenters. The van der Waals surface area contributed by atoms with E-state index >= 15 is 0 Å². The molecule has 0 amide bonds. The van der Waals surface area contributed by atoms with E-state index in [9.17, 15) is 0 Å². The van der Waals surface area contributed by atoms with Crippen LogP contribution in [0.25, 0.3) is 0 Å². The third kappa shape index (κ3) is 2.99. The molecule has 0 unspecified atom stereocenters. The molecule has 2 N–H and O–H groups in total. The van der Waals surface area contributed by atoms with Crippen LogP contribution in [-0.4, -0.2) is 12.9 Å². The van der Waals surface area contributed by atoms with Crippen LogP contribution in [0.4, 0.5) is 5.69 Å². The minimum atomic E-state index is -0.103. The van der Waals surface area contributed by atoms with Gasteiger partial charge in [0.2, 0.25) is 0 Å². The summed E-state index contributed by atoms with van der Waals surface area (Å²) in [6.45, 7) is 8.12. The average molecular weight is 220 g/mol. The maximum Gasteiger partial charge on any atom is 0.121 e. The van der Waals surface area contributed by atoms with Crippen LogP contribution in [0.3, 0.4) is 0 Å². The molecule has 88 valence electrons. The highest BCUT2D eigenvalue weighted by Gasteiger charge is 2.15. The normalized spacial score (nSPS) is 12.7. The topological polar surface area (TPSA) is 47.6 Å². The monoisotopic (exact) mass is 220 g/mol. The van der Waals surface area contributed by atoms with Crippen LogP contribution < -0.4 is 10.5 Å². The zero-order valence-electron chi connectivity index (χ0n) is 10.7. The zero-order valence-corrected chi connectivity index (χ0v) is 10.7. The lowest BCUT2D eigenvalue weighted by Crippen LogP contribution is -2.28. The number of aryl methyl sites for hydroxylation is 1. The number of rotatable bonds is 2. The van der Waals surface area contributed by atoms with E-state index in [1.165, 1.54) is 0 Å². The van der Waals surface area contributed by atoms with Gasteiger partial charge in [-0.15, -0.1) is 0 Å². The van der Waals surface area contributed by atoms with Gasteiger partial charge in [0.05, 0.1) is 12.8 Å². The molecule has 0 saturated carbocycles. The van der Waals surface area contributed by atoms with Gasteiger partial charge in [0.1, 0.15) is 11.6 Å². The molecule has 0 aliphatic carbocycles. The molecule has 0 bridgehead atoms. The van der Waals surface area contributed by atoms with Gasteiger partial charge in [-0.3, -0.25) is 0 Å². The van der Waals surface area contributed by atoms with Crippen LogP contribution >= 0.6 is 0 Å². The molecule has 1 aromatic rings. The molecule has 0 aliphatic heterocycles. The van der Waals surface area contributed by atoms with Crippen LogP contribution in [0, 0.1) is 12.3 Å². The van der Waals surface area contributed by atoms with E-state index in [1.54, 1.807) is 7.11 Å². The van der Waals surface area contributed by atoms with Crippen molar-refractivity contribution in [3.8, 4) is 5.75 Å². The van der Waals surface area contributed by atoms with Gasteiger partial charge in [0, 0.05) is 5.41 Å². The van der Waals surface area contributed by atoms with Crippen molar-refractivity contribution >= 4 is 11.5 Å². The molecule has 0 fully saturated rings. The van der Waals surface area contributed by atoms with Crippen molar-refractivity contribution in [2.45, 2.75) is 27.7 Å². The van der Waals surface area contributed by atoms with E-state index in [2.05, 4.69) is 4.99 Å². The van der Waals surface area contributed by atoms with Crippen molar-refractivity contribution in [3.05, 3.63) is 23.8 Å². The van der Waals surface area contributed by atoms with Gasteiger partial charge in [0.15, 0.2) is 0 Å². The van der Waals surface area contributed by atoms with Gasteiger partial charge in [0.25, 0.3) is 0 Å². The second-order valence-corrected chi connectivity index (χ2v) is 4.90. The van der Waals surface area contributed by atoms with Gasteiger partial charge in [-0.05, 0) is 30.7 Å². The Kier molecular flexibility index (Phi) is 3.58. The lowest BCUT2D eigenvalue weighted by Gasteiger charge is -2.17. The number of benzene rings is 1. The lowest BCUT2D eigenvalue weighted by molar-refractivity contribution is 0.412. The SMILES string of the molecule is COc1ccc(N=C(N)C(C)(C)C)cc1C. The van der Waals surface area contributed by atoms with Gasteiger partial charge in [-0.1, -0.05) is 20.8 Å². The van der Waals surface area contributed by atoms with E-state index in [1.807, 2.05) is 45.9 Å². The number of aliphatic imine (C=N–C) groups is 1. The van der Waals surface area contributed by atoms with Crippen LogP contribution in [0.1, 0.15) is 26.3 Å². The number of hydrogen-bond acceptors (Lipinski definition) is 2. The summed E-state index contributed by atoms with van der Waals surface area (Å²) in [5, 5.41) is 0. The van der Waals surface area contributed by atoms with Gasteiger partial charge < -0.3 is 10.5 Å². The van der Waals surface area contributed by atoms with Crippen LogP contribution in [0.15, 0.2) is 23.2 Å². The number of hydrogen-bond donors (Lipinski definition) is 1. The lowest BCUT2D eigenvalue weighted by atomic mass is 9.95. The molecular weight excluding hydrogens is 200 g/mol. The molecule has 0 radical (unpaired) electrons. The minimum absolute atomic E-state index is 0.103. The predicted octanol–water partition coefficient (Wildman–Crippen LogP) is 3.04. The highest BCUT2D eigenvalue weighted by atomic mass is 16.5. The molecule has 0 spiro atoms. The largest absolute Gasteiger partial charge is 0.496 e. The van der Waals surface area contributed by atoms with Crippen molar-refractivity contribution in [1.29, 1.82) is 0 Å². The van der Waals surface area contributed by atoms with Crippen molar-refractivity contribution in [2.75, 3.05) is 7.11 Å². The summed E-state index contributed by atoms with van der Waals surface area (Å²) in [5.74, 6) is 1.50. The summed E-state index contributed by atoms with van der Waals surface area (Å²) >= 11 is 0. The first-order valence-electron chi connectivity index (χ1n) is 5.34. The second-order valence-electron chi connectivity index (χ2n) is 4.90. The van der Waals surface area contributed by atoms with Crippen LogP contribution in [-0.2, 0) is 0 Å². The summed E-state index contributed by atoms with van der Waals surface area (Å²) in [5.41, 5.74) is 7.75. The van der Waals surface area contributed by atoms with Gasteiger partial charge in [-0.25, -0.2) is 4.99 Å². The van der Waals surface area contributed by atoms with Crippen LogP contribution in [0.5, 0.6) is 5.75 Å². The minimum Gasteiger partial charge on any atom is -0.496 e. The Morgan fingerprint density at radius 1 is 1.31 bits per heavy atom. The van der Waals surface area contributed by atoms with Crippen molar-refractivity contribution < 1.29 is 4.74 Å². The first-order valence-corrected chi connectivity index (χ1v) is 5.34. The van der Waals surface area contributed by atoms with Gasteiger partial charge >= 0.3 is 0 Å². The first-order chi connectivity index (χ1) is 7.34. The van der Waals surface area contributed by atoms with Crippen molar-refractivity contribution in [2.24, 2.45) is 16.1 Å². The summed E-state index contributed by atoms with van der Waals surface area (Å²) in [6.07, 6.45) is 0. The maximum absolute atomic E-state index is 5.92. The van der Waals surface area contributed by atoms with Gasteiger partial charge in [-0.2, -0.15) is 0 Å². The van der Waals surface area contributed by atoms with Crippen LogP contribution in [0.2, 0.25) is 0 Å². The standard InChI is InChI=1S/C13H20N2O/c1-9-8-10(6-7-11(9)16-5)15-12(14)13(2,3)4/h6-8H,1-5H3,(H2,14,15). The molecule has 3 nitrogen and oxygen atoms in total. The Morgan fingerprint density at radius 2 is 1.94 bits per heavy atom. The number of ether oxygens (including phenoxy) is 1. The fraction of sp³-hybridized carbons (Fsp3) is 0.462. The quantitative estimate of drug-likeness (QED) is 0.615. The predicted molar refractivity (Wildman–Crippen MR) is 68.5 cm³/mol. The highest BCUT2D eigenvalue weighted by Crippen LogP contribution is 2.24. The van der Waals surface area contributed by atoms with E-state index < -0.39 is 0 Å². The zero-order chi connectivity index (χ0) is 12.3. The Labute approximate surface area is 97.3 Å². The molecule has 0 saturated heterocycles. The van der Waals surface area contributed by atoms with Crippen molar-refractivity contribution in [1.82, 2.24) is 0 Å². The summed E-state index contributed by atoms with van der Waals surface area (Å²) in [4.78, 5) is 4.41. The fourth-order valence-electron chi connectivity index (χ4n) is 1.24. The highest BCUT2D eigenvalue weighted by molar-refractivity contribution is 5.87. The van der Waals surface area contributed by atoms with E-state index in [0.29, 0.717) is 5.84 Å². The number of nitrogens with zero attached hydrogens (tertiary/aromatic N) is 1. The first kappa shape index (κ1) is 12.6. The average Bonchev–Trinajstić information content (AvgIpc) is 2.16. The molecule has 1 rings (SSSR count). The van der Waals surface area contributed by atoms with E-state index in [-0.39, 0.29) is 5.41 Å². The summed E-state index contributed by atoms with van der Waals surface area (Å²) in [7, 11) is 1.66. The maximum atomic E-state index is 5.92. The molecular formula is C13H20N2O. The number of methoxy groups -OCH3 is 1. The Bertz CT molecular complexity index is 403. The van der Waals surface area contributed by atoms with E-state index in [0.717, 1.165) is 17.0 Å². The smallest absolute Gasteiger partial charge is 0.121 e. The second kappa shape index (κ2) is 4.56. The Balaban J connectivity index is 3.04. The fourth-order valence-corrected chi connectivity index (χ4v) is 1.24. The molecule has 0 aromatic heterocycles. The third-order valence-corrected chi connectivity index (χ3v) is 2.40. The molecule has 3 heteroatoms. The molecule has 16 heavy (non-hydrogen) atoms. The third-order valence-electron chi connectivity index (χ3n) is 2.40. The number of nitrogens with two attached hydrogens (primary N) is 1. The molecule has 1 aromatic carbocycles. The summed E-state index contributed by atoms with van der Waals surface area (Å²) < 4.78 is 5.19. The summed E-state index contributed by atoms with van der Waals surface area (Å²) in [6, 6.07) is 5.78. The Morgan fingerprint density at radius 3 is 2.38 bits per heavy atom.